The number of benzene rings is 9. The van der Waals surface area contributed by atoms with Crippen LogP contribution in [0.25, 0.3) is 55.6 Å². The van der Waals surface area contributed by atoms with Gasteiger partial charge in [0.2, 0.25) is 0 Å². The van der Waals surface area contributed by atoms with Gasteiger partial charge in [-0.15, -0.1) is 0 Å². The topological polar surface area (TPSA) is 3.24 Å². The standard InChI is InChI=1S/C58H41N/c1-57(2)51-25-12-9-22-46(51)48-33-32-44(37-54(48)57)59(43-21-15-20-40(36-43)38-16-5-3-6-17-38)42-30-28-41(29-31-42)58-52-26-13-10-23-47(52)49-35-34-45(39-18-7-4-8-19-39)55(56(49)58)50-24-11-14-27-53(50)58/h3-37H,1-2H3. The van der Waals surface area contributed by atoms with E-state index in [0.717, 1.165) is 17.1 Å². The molecule has 0 aromatic heterocycles. The molecule has 0 saturated carbocycles. The third-order valence-corrected chi connectivity index (χ3v) is 13.5. The molecule has 0 bridgehead atoms. The minimum absolute atomic E-state index is 0.113. The van der Waals surface area contributed by atoms with E-state index >= 15 is 0 Å². The highest BCUT2D eigenvalue weighted by molar-refractivity contribution is 6.04. The van der Waals surface area contributed by atoms with Gasteiger partial charge in [-0.2, -0.15) is 0 Å². The van der Waals surface area contributed by atoms with Crippen molar-refractivity contribution >= 4 is 17.1 Å². The Bertz CT molecular complexity index is 3120. The van der Waals surface area contributed by atoms with E-state index in [9.17, 15) is 0 Å². The summed E-state index contributed by atoms with van der Waals surface area (Å²) in [6, 6.07) is 79.1. The van der Waals surface area contributed by atoms with Crippen LogP contribution in [0.5, 0.6) is 0 Å². The van der Waals surface area contributed by atoms with Gasteiger partial charge in [-0.25, -0.2) is 0 Å². The van der Waals surface area contributed by atoms with Crippen LogP contribution in [-0.2, 0) is 10.8 Å². The van der Waals surface area contributed by atoms with E-state index in [1.807, 2.05) is 0 Å². The summed E-state index contributed by atoms with van der Waals surface area (Å²) in [5.74, 6) is 0. The second kappa shape index (κ2) is 12.6. The van der Waals surface area contributed by atoms with Crippen LogP contribution in [-0.4, -0.2) is 0 Å². The van der Waals surface area contributed by atoms with Gasteiger partial charge in [0.15, 0.2) is 0 Å². The molecule has 3 aliphatic carbocycles. The van der Waals surface area contributed by atoms with E-state index in [2.05, 4.69) is 231 Å². The van der Waals surface area contributed by atoms with Crippen LogP contribution in [0, 0.1) is 0 Å². The van der Waals surface area contributed by atoms with Crippen LogP contribution in [0.4, 0.5) is 17.1 Å². The predicted molar refractivity (Wildman–Crippen MR) is 246 cm³/mol. The van der Waals surface area contributed by atoms with Crippen molar-refractivity contribution in [1.29, 1.82) is 0 Å². The number of fused-ring (bicyclic) bond motifs is 9. The smallest absolute Gasteiger partial charge is 0.0725 e. The third-order valence-electron chi connectivity index (χ3n) is 13.5. The largest absolute Gasteiger partial charge is 0.310 e. The maximum absolute atomic E-state index is 2.45. The van der Waals surface area contributed by atoms with Gasteiger partial charge in [0.1, 0.15) is 0 Å². The molecule has 1 nitrogen and oxygen atoms in total. The van der Waals surface area contributed by atoms with Gasteiger partial charge >= 0.3 is 0 Å². The van der Waals surface area contributed by atoms with Crippen LogP contribution in [0.15, 0.2) is 212 Å². The van der Waals surface area contributed by atoms with Crippen molar-refractivity contribution < 1.29 is 0 Å². The van der Waals surface area contributed by atoms with E-state index in [4.69, 9.17) is 0 Å². The summed E-state index contributed by atoms with van der Waals surface area (Å²) < 4.78 is 0. The number of hydrogen-bond donors (Lipinski definition) is 0. The maximum atomic E-state index is 2.45. The molecule has 1 atom stereocenters. The SMILES string of the molecule is CC1(C)c2ccccc2-c2ccc(N(c3ccc(C45c6ccccc6-c6ccc(-c7ccccc7)c(c64)-c4ccccc45)cc3)c3cccc(-c4ccccc4)c3)cc21. The quantitative estimate of drug-likeness (QED) is 0.164. The zero-order valence-electron chi connectivity index (χ0n) is 33.2. The molecule has 1 heteroatoms. The number of anilines is 3. The predicted octanol–water partition coefficient (Wildman–Crippen LogP) is 15.1. The van der Waals surface area contributed by atoms with E-state index in [0.29, 0.717) is 0 Å². The molecule has 0 aliphatic heterocycles. The van der Waals surface area contributed by atoms with Gasteiger partial charge in [-0.3, -0.25) is 0 Å². The molecule has 0 heterocycles. The number of nitrogens with zero attached hydrogens (tertiary/aromatic N) is 1. The lowest BCUT2D eigenvalue weighted by Crippen LogP contribution is -2.26. The molecule has 9 aromatic rings. The van der Waals surface area contributed by atoms with Crippen molar-refractivity contribution in [2.45, 2.75) is 24.7 Å². The van der Waals surface area contributed by atoms with E-state index in [-0.39, 0.29) is 5.41 Å². The van der Waals surface area contributed by atoms with E-state index in [1.54, 1.807) is 0 Å². The maximum Gasteiger partial charge on any atom is 0.0725 e. The Hall–Kier alpha value is -7.22. The Morgan fingerprint density at radius 3 is 1.56 bits per heavy atom. The second-order valence-electron chi connectivity index (χ2n) is 16.8. The van der Waals surface area contributed by atoms with Gasteiger partial charge in [-0.1, -0.05) is 190 Å². The van der Waals surface area contributed by atoms with Crippen molar-refractivity contribution in [2.75, 3.05) is 4.90 Å². The first-order valence-electron chi connectivity index (χ1n) is 20.8. The number of hydrogen-bond acceptors (Lipinski definition) is 1. The molecule has 3 aliphatic rings. The van der Waals surface area contributed by atoms with Crippen molar-refractivity contribution in [3.63, 3.8) is 0 Å². The first-order chi connectivity index (χ1) is 29.0. The molecule has 0 fully saturated rings. The van der Waals surface area contributed by atoms with Crippen LogP contribution in [0.3, 0.4) is 0 Å². The zero-order chi connectivity index (χ0) is 39.3. The summed E-state index contributed by atoms with van der Waals surface area (Å²) in [6.07, 6.45) is 0. The first-order valence-corrected chi connectivity index (χ1v) is 20.8. The molecule has 278 valence electrons. The third kappa shape index (κ3) is 4.73. The highest BCUT2D eigenvalue weighted by Gasteiger charge is 2.53. The van der Waals surface area contributed by atoms with Crippen molar-refractivity contribution in [1.82, 2.24) is 0 Å². The number of rotatable bonds is 6. The molecule has 9 aromatic carbocycles. The highest BCUT2D eigenvalue weighted by atomic mass is 15.1. The van der Waals surface area contributed by atoms with E-state index < -0.39 is 5.41 Å². The van der Waals surface area contributed by atoms with Crippen LogP contribution in [0.1, 0.15) is 47.2 Å². The van der Waals surface area contributed by atoms with Crippen molar-refractivity contribution in [2.24, 2.45) is 0 Å². The van der Waals surface area contributed by atoms with Gasteiger partial charge in [0.25, 0.3) is 0 Å². The Morgan fingerprint density at radius 1 is 0.322 bits per heavy atom. The van der Waals surface area contributed by atoms with E-state index in [1.165, 1.54) is 89.0 Å². The van der Waals surface area contributed by atoms with Crippen LogP contribution < -0.4 is 4.90 Å². The summed E-state index contributed by atoms with van der Waals surface area (Å²) in [4.78, 5) is 2.45. The molecular formula is C58H41N. The average Bonchev–Trinajstić information content (AvgIpc) is 3.86. The zero-order valence-corrected chi connectivity index (χ0v) is 33.2. The summed E-state index contributed by atoms with van der Waals surface area (Å²) in [6.45, 7) is 4.73. The molecule has 1 unspecified atom stereocenters. The molecule has 0 amide bonds. The fourth-order valence-electron chi connectivity index (χ4n) is 10.9. The first kappa shape index (κ1) is 33.9. The summed E-state index contributed by atoms with van der Waals surface area (Å²) in [7, 11) is 0. The minimum Gasteiger partial charge on any atom is -0.310 e. The summed E-state index contributed by atoms with van der Waals surface area (Å²) >= 11 is 0. The summed E-state index contributed by atoms with van der Waals surface area (Å²) in [5, 5.41) is 0. The summed E-state index contributed by atoms with van der Waals surface area (Å²) in [5.41, 5.74) is 23.9. The molecular weight excluding hydrogens is 711 g/mol. The van der Waals surface area contributed by atoms with Gasteiger partial charge in [0, 0.05) is 22.5 Å². The lowest BCUT2D eigenvalue weighted by atomic mass is 9.70. The Balaban J connectivity index is 1.06. The Kier molecular flexibility index (Phi) is 7.26. The normalized spacial score (nSPS) is 15.8. The van der Waals surface area contributed by atoms with Crippen LogP contribution in [0.2, 0.25) is 0 Å². The van der Waals surface area contributed by atoms with Crippen molar-refractivity contribution in [3.05, 3.63) is 246 Å². The minimum atomic E-state index is -0.442. The fourth-order valence-corrected chi connectivity index (χ4v) is 10.9. The lowest BCUT2D eigenvalue weighted by molar-refractivity contribution is 0.660. The van der Waals surface area contributed by atoms with Gasteiger partial charge < -0.3 is 4.90 Å². The monoisotopic (exact) mass is 751 g/mol. The molecule has 12 rings (SSSR count). The molecule has 0 spiro atoms. The molecule has 0 N–H and O–H groups in total. The molecule has 59 heavy (non-hydrogen) atoms. The van der Waals surface area contributed by atoms with Gasteiger partial charge in [-0.05, 0) is 125 Å². The van der Waals surface area contributed by atoms with Crippen LogP contribution >= 0.6 is 0 Å². The molecule has 0 saturated heterocycles. The Labute approximate surface area is 346 Å². The Morgan fingerprint density at radius 2 is 0.831 bits per heavy atom. The average molecular weight is 752 g/mol. The molecule has 0 radical (unpaired) electrons. The highest BCUT2D eigenvalue weighted by Crippen LogP contribution is 2.66. The van der Waals surface area contributed by atoms with Gasteiger partial charge in [0.05, 0.1) is 5.41 Å². The lowest BCUT2D eigenvalue weighted by Gasteiger charge is -2.32. The fraction of sp³-hybridized carbons (Fsp3) is 0.0690. The van der Waals surface area contributed by atoms with Crippen molar-refractivity contribution in [3.8, 4) is 55.6 Å². The second-order valence-corrected chi connectivity index (χ2v) is 16.8.